The number of hydrogen-bond donors (Lipinski definition) is 2. The van der Waals surface area contributed by atoms with E-state index in [0.29, 0.717) is 11.7 Å². The third kappa shape index (κ3) is 4.52. The highest BCUT2D eigenvalue weighted by Crippen LogP contribution is 2.39. The Morgan fingerprint density at radius 1 is 0.967 bits per heavy atom. The van der Waals surface area contributed by atoms with Crippen LogP contribution in [0, 0.1) is 0 Å². The van der Waals surface area contributed by atoms with Crippen molar-refractivity contribution in [3.05, 3.63) is 59.5 Å². The number of likely N-dealkylation sites (N-methyl/N-ethyl adjacent to an activating group) is 1. The van der Waals surface area contributed by atoms with E-state index in [9.17, 15) is 0 Å². The van der Waals surface area contributed by atoms with Crippen LogP contribution in [0.2, 0.25) is 0 Å². The summed E-state index contributed by atoms with van der Waals surface area (Å²) in [6.07, 6.45) is 6.52. The number of benzene rings is 1. The molecule has 1 saturated carbocycles. The Hall–Kier alpha value is -3.19. The van der Waals surface area contributed by atoms with E-state index in [-0.39, 0.29) is 0 Å². The molecule has 1 aliphatic carbocycles. The van der Waals surface area contributed by atoms with Gasteiger partial charge in [-0.25, -0.2) is 9.97 Å². The molecular weight excluding hydrogens is 374 g/mol. The topological polar surface area (TPSA) is 73.0 Å². The van der Waals surface area contributed by atoms with Crippen LogP contribution in [-0.4, -0.2) is 58.3 Å². The largest absolute Gasteiger partial charge is 0.354 e. The maximum Gasteiger partial charge on any atom is 0.156 e. The smallest absolute Gasteiger partial charge is 0.156 e. The molecule has 30 heavy (non-hydrogen) atoms. The van der Waals surface area contributed by atoms with E-state index >= 15 is 0 Å². The van der Waals surface area contributed by atoms with Crippen molar-refractivity contribution in [2.75, 3.05) is 43.4 Å². The van der Waals surface area contributed by atoms with Crippen LogP contribution in [0.3, 0.4) is 0 Å². The lowest BCUT2D eigenvalue weighted by atomic mass is 10.2. The van der Waals surface area contributed by atoms with Gasteiger partial charge in [-0.15, -0.1) is 0 Å². The molecule has 2 N–H and O–H groups in total. The average Bonchev–Trinajstić information content (AvgIpc) is 3.52. The molecule has 0 radical (unpaired) electrons. The zero-order valence-corrected chi connectivity index (χ0v) is 17.3. The highest BCUT2D eigenvalue weighted by Gasteiger charge is 2.25. The molecule has 154 valence electrons. The van der Waals surface area contributed by atoms with Gasteiger partial charge in [-0.1, -0.05) is 36.4 Å². The van der Waals surface area contributed by atoms with Crippen LogP contribution >= 0.6 is 0 Å². The Balaban J connectivity index is 1.42. The molecule has 0 atom stereocenters. The molecular formula is C23H27N7. The summed E-state index contributed by atoms with van der Waals surface area (Å²) >= 11 is 0. The zero-order valence-electron chi connectivity index (χ0n) is 17.3. The summed E-state index contributed by atoms with van der Waals surface area (Å²) in [6.45, 7) is 3.99. The van der Waals surface area contributed by atoms with Gasteiger partial charge < -0.3 is 15.1 Å². The molecule has 0 unspecified atom stereocenters. The molecule has 0 spiro atoms. The Kier molecular flexibility index (Phi) is 5.19. The Labute approximate surface area is 176 Å². The van der Waals surface area contributed by atoms with Gasteiger partial charge in [0, 0.05) is 49.9 Å². The molecule has 1 aliphatic heterocycles. The van der Waals surface area contributed by atoms with Crippen LogP contribution in [0.25, 0.3) is 12.2 Å². The van der Waals surface area contributed by atoms with Crippen molar-refractivity contribution in [1.29, 1.82) is 0 Å². The molecule has 5 rings (SSSR count). The first-order valence-electron chi connectivity index (χ1n) is 10.6. The minimum atomic E-state index is 0.642. The van der Waals surface area contributed by atoms with Crippen molar-refractivity contribution in [3.8, 4) is 0 Å². The van der Waals surface area contributed by atoms with Crippen molar-refractivity contribution in [1.82, 2.24) is 25.1 Å². The van der Waals surface area contributed by atoms with Crippen LogP contribution in [0.1, 0.15) is 35.8 Å². The molecule has 1 saturated heterocycles. The first-order chi connectivity index (χ1) is 14.7. The minimum Gasteiger partial charge on any atom is -0.354 e. The van der Waals surface area contributed by atoms with Gasteiger partial charge >= 0.3 is 0 Å². The monoisotopic (exact) mass is 401 g/mol. The number of aromatic nitrogens is 4. The number of nitrogens with one attached hydrogen (secondary N) is 2. The summed E-state index contributed by atoms with van der Waals surface area (Å²) in [6, 6.07) is 14.3. The average molecular weight is 402 g/mol. The number of rotatable bonds is 6. The number of anilines is 3. The van der Waals surface area contributed by atoms with E-state index in [2.05, 4.69) is 50.6 Å². The lowest BCUT2D eigenvalue weighted by Gasteiger charge is -2.33. The van der Waals surface area contributed by atoms with Gasteiger partial charge in [0.15, 0.2) is 11.6 Å². The number of piperazine rings is 1. The molecule has 7 heteroatoms. The van der Waals surface area contributed by atoms with E-state index in [0.717, 1.165) is 49.2 Å². The second-order valence-electron chi connectivity index (χ2n) is 8.11. The summed E-state index contributed by atoms with van der Waals surface area (Å²) in [5, 5.41) is 10.9. The highest BCUT2D eigenvalue weighted by molar-refractivity contribution is 5.69. The number of hydrogen-bond acceptors (Lipinski definition) is 6. The van der Waals surface area contributed by atoms with E-state index in [1.54, 1.807) is 0 Å². The van der Waals surface area contributed by atoms with Crippen LogP contribution < -0.4 is 10.2 Å². The van der Waals surface area contributed by atoms with Gasteiger partial charge in [0.1, 0.15) is 11.6 Å². The van der Waals surface area contributed by atoms with Gasteiger partial charge in [0.25, 0.3) is 0 Å². The first-order valence-corrected chi connectivity index (χ1v) is 10.6. The van der Waals surface area contributed by atoms with Crippen LogP contribution in [-0.2, 0) is 0 Å². The van der Waals surface area contributed by atoms with Crippen molar-refractivity contribution < 1.29 is 0 Å². The SMILES string of the molecule is CN1CCN(c2cc(Nc3cc(C4CC4)[nH]n3)nc(/C=C/c3ccccc3)n2)CC1. The van der Waals surface area contributed by atoms with Crippen molar-refractivity contribution >= 4 is 29.6 Å². The fraction of sp³-hybridized carbons (Fsp3) is 0.348. The second kappa shape index (κ2) is 8.28. The maximum atomic E-state index is 4.82. The predicted octanol–water partition coefficient (Wildman–Crippen LogP) is 3.74. The quantitative estimate of drug-likeness (QED) is 0.656. The summed E-state index contributed by atoms with van der Waals surface area (Å²) in [5.74, 6) is 3.85. The standard InChI is InChI=1S/C23H27N7/c1-29-11-13-30(14-12-29)23-16-21(25-22-15-19(27-28-22)18-8-9-18)24-20(26-23)10-7-17-5-3-2-4-6-17/h2-7,10,15-16,18H,8-9,11-14H2,1H3,(H2,24,25,26,27,28)/b10-7+. The number of aromatic amines is 1. The van der Waals surface area contributed by atoms with E-state index in [1.807, 2.05) is 36.4 Å². The fourth-order valence-corrected chi connectivity index (χ4v) is 3.66. The molecule has 0 amide bonds. The van der Waals surface area contributed by atoms with E-state index in [4.69, 9.17) is 9.97 Å². The predicted molar refractivity (Wildman–Crippen MR) is 121 cm³/mol. The normalized spacial score (nSPS) is 17.6. The minimum absolute atomic E-state index is 0.642. The van der Waals surface area contributed by atoms with E-state index in [1.165, 1.54) is 18.5 Å². The fourth-order valence-electron chi connectivity index (χ4n) is 3.66. The van der Waals surface area contributed by atoms with Gasteiger partial charge in [-0.05, 0) is 31.5 Å². The van der Waals surface area contributed by atoms with Crippen LogP contribution in [0.4, 0.5) is 17.5 Å². The van der Waals surface area contributed by atoms with Gasteiger partial charge in [-0.2, -0.15) is 5.10 Å². The summed E-state index contributed by atoms with van der Waals surface area (Å²) < 4.78 is 0. The molecule has 2 aliphatic rings. The third-order valence-corrected chi connectivity index (χ3v) is 5.65. The van der Waals surface area contributed by atoms with E-state index < -0.39 is 0 Å². The highest BCUT2D eigenvalue weighted by atomic mass is 15.3. The Bertz CT molecular complexity index is 1020. The molecule has 0 bridgehead atoms. The van der Waals surface area contributed by atoms with Gasteiger partial charge in [-0.3, -0.25) is 5.10 Å². The summed E-state index contributed by atoms with van der Waals surface area (Å²) in [5.41, 5.74) is 2.33. The zero-order chi connectivity index (χ0) is 20.3. The van der Waals surface area contributed by atoms with Crippen molar-refractivity contribution in [2.24, 2.45) is 0 Å². The van der Waals surface area contributed by atoms with Crippen LogP contribution in [0.15, 0.2) is 42.5 Å². The first kappa shape index (κ1) is 18.8. The molecule has 7 nitrogen and oxygen atoms in total. The Morgan fingerprint density at radius 3 is 2.53 bits per heavy atom. The molecule has 2 fully saturated rings. The number of H-pyrrole nitrogens is 1. The molecule has 2 aromatic heterocycles. The number of nitrogens with zero attached hydrogens (tertiary/aromatic N) is 5. The molecule has 3 heterocycles. The lowest BCUT2D eigenvalue weighted by molar-refractivity contribution is 0.312. The van der Waals surface area contributed by atoms with Crippen LogP contribution in [0.5, 0.6) is 0 Å². The summed E-state index contributed by atoms with van der Waals surface area (Å²) in [7, 11) is 2.16. The summed E-state index contributed by atoms with van der Waals surface area (Å²) in [4.78, 5) is 14.2. The molecule has 3 aromatic rings. The third-order valence-electron chi connectivity index (χ3n) is 5.65. The maximum absolute atomic E-state index is 4.82. The lowest BCUT2D eigenvalue weighted by Crippen LogP contribution is -2.44. The van der Waals surface area contributed by atoms with Gasteiger partial charge in [0.05, 0.1) is 0 Å². The van der Waals surface area contributed by atoms with Gasteiger partial charge in [0.2, 0.25) is 0 Å². The van der Waals surface area contributed by atoms with Crippen molar-refractivity contribution in [2.45, 2.75) is 18.8 Å². The Morgan fingerprint density at radius 2 is 1.77 bits per heavy atom. The molecule has 1 aromatic carbocycles. The second-order valence-corrected chi connectivity index (χ2v) is 8.11. The van der Waals surface area contributed by atoms with Crippen molar-refractivity contribution in [3.63, 3.8) is 0 Å².